The SMILES string of the molecule is CCNC(=NCCCCC1CCCC1)NCCC(O)(c1nccn1C)C(F)(F)F. The topological polar surface area (TPSA) is 74.5 Å². The molecule has 0 bridgehead atoms. The number of nitrogens with one attached hydrogen (secondary N) is 2. The Balaban J connectivity index is 1.85. The van der Waals surface area contributed by atoms with Gasteiger partial charge in [-0.3, -0.25) is 4.99 Å². The van der Waals surface area contributed by atoms with Gasteiger partial charge < -0.3 is 20.3 Å². The second kappa shape index (κ2) is 10.8. The van der Waals surface area contributed by atoms with Crippen molar-refractivity contribution in [3.05, 3.63) is 18.2 Å². The Morgan fingerprint density at radius 3 is 2.59 bits per heavy atom. The lowest BCUT2D eigenvalue weighted by Gasteiger charge is -2.30. The van der Waals surface area contributed by atoms with Crippen molar-refractivity contribution in [2.45, 2.75) is 70.1 Å². The van der Waals surface area contributed by atoms with Crippen LogP contribution in [0, 0.1) is 5.92 Å². The van der Waals surface area contributed by atoms with E-state index in [0.717, 1.165) is 18.8 Å². The number of nitrogens with zero attached hydrogens (tertiary/aromatic N) is 3. The molecule has 6 nitrogen and oxygen atoms in total. The molecule has 9 heteroatoms. The van der Waals surface area contributed by atoms with E-state index in [1.807, 2.05) is 6.92 Å². The maximum atomic E-state index is 13.6. The molecule has 1 aromatic rings. The standard InChI is InChI=1S/C20H34F3N5O/c1-3-24-18(26-12-7-6-10-16-8-4-5-9-16)27-13-11-19(29,20(21,22)23)17-25-14-15-28(17)2/h14-16,29H,3-13H2,1-2H3,(H2,24,26,27). The highest BCUT2D eigenvalue weighted by atomic mass is 19.4. The Morgan fingerprint density at radius 1 is 1.28 bits per heavy atom. The second-order valence-corrected chi connectivity index (χ2v) is 7.80. The van der Waals surface area contributed by atoms with Crippen LogP contribution in [0.2, 0.25) is 0 Å². The second-order valence-electron chi connectivity index (χ2n) is 7.80. The van der Waals surface area contributed by atoms with Crippen molar-refractivity contribution in [3.8, 4) is 0 Å². The number of halogens is 3. The number of aliphatic hydroxyl groups is 1. The Labute approximate surface area is 171 Å². The molecule has 3 N–H and O–H groups in total. The summed E-state index contributed by atoms with van der Waals surface area (Å²) >= 11 is 0. The van der Waals surface area contributed by atoms with E-state index in [4.69, 9.17) is 0 Å². The predicted octanol–water partition coefficient (Wildman–Crippen LogP) is 3.48. The number of aromatic nitrogens is 2. The highest BCUT2D eigenvalue weighted by Crippen LogP contribution is 2.40. The minimum atomic E-state index is -4.83. The van der Waals surface area contributed by atoms with Crippen LogP contribution >= 0.6 is 0 Å². The van der Waals surface area contributed by atoms with Crippen molar-refractivity contribution in [1.82, 2.24) is 20.2 Å². The molecule has 29 heavy (non-hydrogen) atoms. The van der Waals surface area contributed by atoms with Crippen LogP contribution in [-0.4, -0.2) is 46.4 Å². The molecule has 2 rings (SSSR count). The van der Waals surface area contributed by atoms with Gasteiger partial charge >= 0.3 is 6.18 Å². The molecule has 1 saturated carbocycles. The van der Waals surface area contributed by atoms with Gasteiger partial charge in [0.25, 0.3) is 0 Å². The largest absolute Gasteiger partial charge is 0.424 e. The fourth-order valence-corrected chi connectivity index (χ4v) is 3.88. The summed E-state index contributed by atoms with van der Waals surface area (Å²) in [5.41, 5.74) is -3.02. The van der Waals surface area contributed by atoms with Crippen LogP contribution in [0.4, 0.5) is 13.2 Å². The number of guanidine groups is 1. The van der Waals surface area contributed by atoms with E-state index >= 15 is 0 Å². The first-order valence-corrected chi connectivity index (χ1v) is 10.6. The number of unbranched alkanes of at least 4 members (excludes halogenated alkanes) is 1. The van der Waals surface area contributed by atoms with Gasteiger partial charge in [-0.2, -0.15) is 13.2 Å². The zero-order valence-electron chi connectivity index (χ0n) is 17.4. The third-order valence-electron chi connectivity index (χ3n) is 5.55. The van der Waals surface area contributed by atoms with Crippen molar-refractivity contribution >= 4 is 5.96 Å². The average Bonchev–Trinajstić information content (AvgIpc) is 3.32. The average molecular weight is 418 g/mol. The molecule has 0 spiro atoms. The molecule has 1 aromatic heterocycles. The first-order chi connectivity index (χ1) is 13.8. The molecule has 0 saturated heterocycles. The number of rotatable bonds is 10. The van der Waals surface area contributed by atoms with E-state index in [9.17, 15) is 18.3 Å². The summed E-state index contributed by atoms with van der Waals surface area (Å²) in [5.74, 6) is 0.912. The Hall–Kier alpha value is -1.77. The van der Waals surface area contributed by atoms with E-state index in [1.165, 1.54) is 56.1 Å². The quantitative estimate of drug-likeness (QED) is 0.310. The Morgan fingerprint density at radius 2 is 2.00 bits per heavy atom. The summed E-state index contributed by atoms with van der Waals surface area (Å²) in [6.45, 7) is 3.05. The van der Waals surface area contributed by atoms with E-state index in [0.29, 0.717) is 19.0 Å². The van der Waals surface area contributed by atoms with Gasteiger partial charge in [0.15, 0.2) is 5.96 Å². The van der Waals surface area contributed by atoms with E-state index in [2.05, 4.69) is 20.6 Å². The van der Waals surface area contributed by atoms with Crippen molar-refractivity contribution in [3.63, 3.8) is 0 Å². The lowest BCUT2D eigenvalue weighted by Crippen LogP contribution is -2.48. The maximum Gasteiger partial charge on any atom is 0.424 e. The van der Waals surface area contributed by atoms with Gasteiger partial charge in [0, 0.05) is 45.5 Å². The molecule has 0 aliphatic heterocycles. The molecule has 1 aliphatic carbocycles. The molecule has 0 radical (unpaired) electrons. The monoisotopic (exact) mass is 417 g/mol. The number of hydrogen-bond acceptors (Lipinski definition) is 3. The van der Waals surface area contributed by atoms with Gasteiger partial charge in [0.2, 0.25) is 5.60 Å². The molecule has 1 aliphatic rings. The summed E-state index contributed by atoms with van der Waals surface area (Å²) < 4.78 is 41.9. The predicted molar refractivity (Wildman–Crippen MR) is 108 cm³/mol. The van der Waals surface area contributed by atoms with Crippen LogP contribution in [0.25, 0.3) is 0 Å². The molecular weight excluding hydrogens is 383 g/mol. The van der Waals surface area contributed by atoms with Gasteiger partial charge in [-0.05, 0) is 19.3 Å². The number of aryl methyl sites for hydroxylation is 1. The molecule has 166 valence electrons. The van der Waals surface area contributed by atoms with Crippen LogP contribution in [0.5, 0.6) is 0 Å². The third kappa shape index (κ3) is 6.62. The summed E-state index contributed by atoms with van der Waals surface area (Å²) in [4.78, 5) is 8.16. The summed E-state index contributed by atoms with van der Waals surface area (Å²) in [6, 6.07) is 0. The highest BCUT2D eigenvalue weighted by molar-refractivity contribution is 5.79. The van der Waals surface area contributed by atoms with Crippen LogP contribution in [0.15, 0.2) is 17.4 Å². The van der Waals surface area contributed by atoms with E-state index < -0.39 is 24.0 Å². The van der Waals surface area contributed by atoms with Crippen molar-refractivity contribution < 1.29 is 18.3 Å². The van der Waals surface area contributed by atoms with Gasteiger partial charge in [0.05, 0.1) is 0 Å². The van der Waals surface area contributed by atoms with Crippen molar-refractivity contribution in [1.29, 1.82) is 0 Å². The van der Waals surface area contributed by atoms with E-state index in [-0.39, 0.29) is 6.54 Å². The minimum Gasteiger partial charge on any atom is -0.374 e. The van der Waals surface area contributed by atoms with Crippen LogP contribution in [0.1, 0.15) is 64.1 Å². The molecule has 1 atom stereocenters. The van der Waals surface area contributed by atoms with Gasteiger partial charge in [0.1, 0.15) is 5.82 Å². The summed E-state index contributed by atoms with van der Waals surface area (Å²) in [7, 11) is 1.43. The molecule has 1 heterocycles. The Bertz CT molecular complexity index is 640. The molecule has 1 unspecified atom stereocenters. The number of aliphatic imine (C=N–C) groups is 1. The zero-order chi connectivity index (χ0) is 21.3. The fraction of sp³-hybridized carbons (Fsp3) is 0.800. The maximum absolute atomic E-state index is 13.6. The van der Waals surface area contributed by atoms with Crippen LogP contribution in [-0.2, 0) is 12.6 Å². The van der Waals surface area contributed by atoms with Crippen LogP contribution < -0.4 is 10.6 Å². The molecule has 0 amide bonds. The van der Waals surface area contributed by atoms with E-state index in [1.54, 1.807) is 0 Å². The normalized spacial score (nSPS) is 18.1. The minimum absolute atomic E-state index is 0.0865. The Kier molecular flexibility index (Phi) is 8.79. The summed E-state index contributed by atoms with van der Waals surface area (Å²) in [6.07, 6.45) is 5.94. The number of alkyl halides is 3. The number of imidazole rings is 1. The molecule has 1 fully saturated rings. The van der Waals surface area contributed by atoms with Gasteiger partial charge in [-0.15, -0.1) is 0 Å². The lowest BCUT2D eigenvalue weighted by atomic mass is 9.97. The smallest absolute Gasteiger partial charge is 0.374 e. The first-order valence-electron chi connectivity index (χ1n) is 10.6. The van der Waals surface area contributed by atoms with Crippen molar-refractivity contribution in [2.75, 3.05) is 19.6 Å². The van der Waals surface area contributed by atoms with Gasteiger partial charge in [-0.1, -0.05) is 38.5 Å². The molecule has 0 aromatic carbocycles. The third-order valence-corrected chi connectivity index (χ3v) is 5.55. The highest BCUT2D eigenvalue weighted by Gasteiger charge is 2.57. The van der Waals surface area contributed by atoms with Gasteiger partial charge in [-0.25, -0.2) is 4.98 Å². The first kappa shape index (κ1) is 23.5. The molecular formula is C20H34F3N5O. The lowest BCUT2D eigenvalue weighted by molar-refractivity contribution is -0.272. The summed E-state index contributed by atoms with van der Waals surface area (Å²) in [5, 5.41) is 16.3. The zero-order valence-corrected chi connectivity index (χ0v) is 17.4. The van der Waals surface area contributed by atoms with Crippen LogP contribution in [0.3, 0.4) is 0 Å². The number of hydrogen-bond donors (Lipinski definition) is 3. The fourth-order valence-electron chi connectivity index (χ4n) is 3.88. The van der Waals surface area contributed by atoms with Crippen molar-refractivity contribution in [2.24, 2.45) is 18.0 Å².